The third-order valence-electron chi connectivity index (χ3n) is 2.39. The number of anilines is 1. The van der Waals surface area contributed by atoms with E-state index in [1.807, 2.05) is 6.07 Å². The van der Waals surface area contributed by atoms with Gasteiger partial charge in [-0.2, -0.15) is 5.26 Å². The van der Waals surface area contributed by atoms with E-state index in [1.165, 1.54) is 17.3 Å². The maximum absolute atomic E-state index is 11.9. The molecule has 1 amide bonds. The minimum absolute atomic E-state index is 0.165. The summed E-state index contributed by atoms with van der Waals surface area (Å²) in [5, 5.41) is 8.57. The van der Waals surface area contributed by atoms with Crippen molar-refractivity contribution < 1.29 is 4.79 Å². The zero-order chi connectivity index (χ0) is 12.8. The Bertz CT molecular complexity index is 423. The molecule has 3 N–H and O–H groups in total. The van der Waals surface area contributed by atoms with Gasteiger partial charge in [-0.3, -0.25) is 4.79 Å². The molecule has 0 spiro atoms. The fraction of sp³-hybridized carbons (Fsp3) is 0.400. The summed E-state index contributed by atoms with van der Waals surface area (Å²) in [5.41, 5.74) is 2.54. The van der Waals surface area contributed by atoms with Crippen LogP contribution in [0.3, 0.4) is 0 Å². The van der Waals surface area contributed by atoms with Crippen LogP contribution in [0.4, 0.5) is 5.82 Å². The van der Waals surface area contributed by atoms with Crippen molar-refractivity contribution in [2.45, 2.75) is 19.4 Å². The maximum atomic E-state index is 11.9. The Hall–Kier alpha value is -2.20. The molecule has 0 fully saturated rings. The summed E-state index contributed by atoms with van der Waals surface area (Å²) in [7, 11) is 1.63. The maximum Gasteiger partial charge on any atom is 0.274 e. The lowest BCUT2D eigenvalue weighted by Gasteiger charge is -2.22. The number of aromatic nitrogens is 2. The topological polar surface area (TPSA) is 108 Å². The van der Waals surface area contributed by atoms with E-state index in [-0.39, 0.29) is 24.1 Å². The monoisotopic (exact) mass is 234 g/mol. The lowest BCUT2D eigenvalue weighted by atomic mass is 10.2. The number of nitrogens with one attached hydrogen (secondary N) is 1. The van der Waals surface area contributed by atoms with E-state index in [0.717, 1.165) is 0 Å². The number of carbonyl (C=O) groups excluding carboxylic acids is 1. The zero-order valence-corrected chi connectivity index (χ0v) is 9.71. The summed E-state index contributed by atoms with van der Waals surface area (Å²) in [4.78, 5) is 21.2. The van der Waals surface area contributed by atoms with Crippen molar-refractivity contribution in [1.82, 2.24) is 14.9 Å². The summed E-state index contributed by atoms with van der Waals surface area (Å²) in [6.45, 7) is 1.80. The lowest BCUT2D eigenvalue weighted by molar-refractivity contribution is 0.0740. The average molecular weight is 234 g/mol. The van der Waals surface area contributed by atoms with Crippen LogP contribution in [0.5, 0.6) is 0 Å². The molecule has 7 nitrogen and oxygen atoms in total. The van der Waals surface area contributed by atoms with Crippen LogP contribution in [0.2, 0.25) is 0 Å². The second-order valence-corrected chi connectivity index (χ2v) is 3.56. The molecule has 1 rings (SSSR count). The van der Waals surface area contributed by atoms with Crippen LogP contribution in [-0.2, 0) is 0 Å². The van der Waals surface area contributed by atoms with Gasteiger partial charge in [0.05, 0.1) is 24.9 Å². The van der Waals surface area contributed by atoms with Crippen molar-refractivity contribution in [3.8, 4) is 6.07 Å². The molecule has 1 aromatic heterocycles. The Kier molecular flexibility index (Phi) is 4.37. The zero-order valence-electron chi connectivity index (χ0n) is 9.71. The van der Waals surface area contributed by atoms with Gasteiger partial charge in [-0.1, -0.05) is 0 Å². The molecule has 1 aromatic rings. The van der Waals surface area contributed by atoms with Crippen molar-refractivity contribution in [3.05, 3.63) is 18.1 Å². The molecule has 1 heterocycles. The number of hydrogen-bond acceptors (Lipinski definition) is 6. The third kappa shape index (κ3) is 3.12. The van der Waals surface area contributed by atoms with Crippen LogP contribution in [0, 0.1) is 11.3 Å². The Morgan fingerprint density at radius 2 is 2.35 bits per heavy atom. The van der Waals surface area contributed by atoms with Crippen LogP contribution < -0.4 is 11.3 Å². The van der Waals surface area contributed by atoms with Gasteiger partial charge in [0.25, 0.3) is 5.91 Å². The predicted octanol–water partition coefficient (Wildman–Crippen LogP) is 0.136. The van der Waals surface area contributed by atoms with Gasteiger partial charge in [-0.25, -0.2) is 15.8 Å². The second kappa shape index (κ2) is 5.77. The molecule has 0 aliphatic heterocycles. The Balaban J connectivity index is 2.78. The molecule has 1 unspecified atom stereocenters. The molecule has 7 heteroatoms. The number of nitrogens with zero attached hydrogens (tertiary/aromatic N) is 4. The number of hydrogen-bond donors (Lipinski definition) is 2. The van der Waals surface area contributed by atoms with Crippen LogP contribution in [0.25, 0.3) is 0 Å². The SMILES string of the molecule is CC(CC#N)N(C)C(=O)c1cnc(NN)cn1. The number of rotatable bonds is 4. The number of nitrogens with two attached hydrogens (primary N) is 1. The molecular formula is C10H14N6O. The molecule has 0 saturated carbocycles. The quantitative estimate of drug-likeness (QED) is 0.566. The molecule has 0 saturated heterocycles. The second-order valence-electron chi connectivity index (χ2n) is 3.56. The van der Waals surface area contributed by atoms with Gasteiger partial charge in [0.15, 0.2) is 5.82 Å². The van der Waals surface area contributed by atoms with E-state index >= 15 is 0 Å². The summed E-state index contributed by atoms with van der Waals surface area (Å²) in [6.07, 6.45) is 2.99. The largest absolute Gasteiger partial charge is 0.337 e. The fourth-order valence-corrected chi connectivity index (χ4v) is 1.16. The highest BCUT2D eigenvalue weighted by Gasteiger charge is 2.18. The Labute approximate surface area is 99.2 Å². The highest BCUT2D eigenvalue weighted by atomic mass is 16.2. The number of carbonyl (C=O) groups is 1. The summed E-state index contributed by atoms with van der Waals surface area (Å²) < 4.78 is 0. The highest BCUT2D eigenvalue weighted by molar-refractivity contribution is 5.92. The fourth-order valence-electron chi connectivity index (χ4n) is 1.16. The van der Waals surface area contributed by atoms with Gasteiger partial charge in [0, 0.05) is 13.1 Å². The van der Waals surface area contributed by atoms with E-state index < -0.39 is 0 Å². The number of nitriles is 1. The molecule has 0 bridgehead atoms. The first-order valence-electron chi connectivity index (χ1n) is 5.03. The van der Waals surface area contributed by atoms with Gasteiger partial charge in [0.1, 0.15) is 5.69 Å². The molecule has 0 aliphatic rings. The third-order valence-corrected chi connectivity index (χ3v) is 2.39. The van der Waals surface area contributed by atoms with Crippen LogP contribution >= 0.6 is 0 Å². The standard InChI is InChI=1S/C10H14N6O/c1-7(3-4-11)16(2)10(17)8-5-14-9(15-12)6-13-8/h5-7H,3,12H2,1-2H3,(H,14,15). The van der Waals surface area contributed by atoms with E-state index in [2.05, 4.69) is 15.4 Å². The molecule has 0 radical (unpaired) electrons. The van der Waals surface area contributed by atoms with Gasteiger partial charge in [-0.05, 0) is 6.92 Å². The average Bonchev–Trinajstić information content (AvgIpc) is 2.37. The Morgan fingerprint density at radius 3 is 2.82 bits per heavy atom. The van der Waals surface area contributed by atoms with Crippen LogP contribution in [0.15, 0.2) is 12.4 Å². The van der Waals surface area contributed by atoms with Crippen molar-refractivity contribution >= 4 is 11.7 Å². The highest BCUT2D eigenvalue weighted by Crippen LogP contribution is 2.07. The summed E-state index contributed by atoms with van der Waals surface area (Å²) in [5.74, 6) is 5.25. The van der Waals surface area contributed by atoms with Crippen LogP contribution in [-0.4, -0.2) is 33.9 Å². The first kappa shape index (κ1) is 12.9. The Morgan fingerprint density at radius 1 is 1.65 bits per heavy atom. The van der Waals surface area contributed by atoms with Crippen LogP contribution in [0.1, 0.15) is 23.8 Å². The molecule has 0 aliphatic carbocycles. The lowest BCUT2D eigenvalue weighted by Crippen LogP contribution is -2.35. The summed E-state index contributed by atoms with van der Waals surface area (Å²) in [6, 6.07) is 1.85. The molecule has 90 valence electrons. The van der Waals surface area contributed by atoms with Crippen molar-refractivity contribution in [2.75, 3.05) is 12.5 Å². The van der Waals surface area contributed by atoms with E-state index in [9.17, 15) is 4.79 Å². The summed E-state index contributed by atoms with van der Waals surface area (Å²) >= 11 is 0. The molecule has 17 heavy (non-hydrogen) atoms. The number of nitrogen functional groups attached to an aromatic ring is 1. The van der Waals surface area contributed by atoms with Gasteiger partial charge in [-0.15, -0.1) is 0 Å². The van der Waals surface area contributed by atoms with E-state index in [1.54, 1.807) is 14.0 Å². The minimum atomic E-state index is -0.274. The smallest absolute Gasteiger partial charge is 0.274 e. The van der Waals surface area contributed by atoms with Crippen molar-refractivity contribution in [3.63, 3.8) is 0 Å². The van der Waals surface area contributed by atoms with Crippen molar-refractivity contribution in [2.24, 2.45) is 5.84 Å². The molecule has 0 aromatic carbocycles. The van der Waals surface area contributed by atoms with Gasteiger partial charge >= 0.3 is 0 Å². The molecule has 1 atom stereocenters. The van der Waals surface area contributed by atoms with E-state index in [0.29, 0.717) is 5.82 Å². The predicted molar refractivity (Wildman–Crippen MR) is 61.6 cm³/mol. The first-order chi connectivity index (χ1) is 8.10. The van der Waals surface area contributed by atoms with Crippen molar-refractivity contribution in [1.29, 1.82) is 5.26 Å². The number of hydrazine groups is 1. The van der Waals surface area contributed by atoms with E-state index in [4.69, 9.17) is 11.1 Å². The van der Waals surface area contributed by atoms with Gasteiger partial charge < -0.3 is 10.3 Å². The van der Waals surface area contributed by atoms with Gasteiger partial charge in [0.2, 0.25) is 0 Å². The number of amides is 1. The molecular weight excluding hydrogens is 220 g/mol. The minimum Gasteiger partial charge on any atom is -0.337 e. The first-order valence-corrected chi connectivity index (χ1v) is 5.03. The normalized spacial score (nSPS) is 11.4.